The first-order valence-electron chi connectivity index (χ1n) is 10.5. The zero-order chi connectivity index (χ0) is 19.6. The van der Waals surface area contributed by atoms with E-state index in [-0.39, 0.29) is 10.8 Å². The first-order chi connectivity index (χ1) is 13.5. The van der Waals surface area contributed by atoms with Crippen molar-refractivity contribution in [3.8, 4) is 0 Å². The smallest absolute Gasteiger partial charge is 0.262 e. The van der Waals surface area contributed by atoms with E-state index in [0.29, 0.717) is 36.8 Å². The molecule has 1 aromatic rings. The number of sulfonamides is 1. The molecule has 4 rings (SSSR count). The van der Waals surface area contributed by atoms with Crippen LogP contribution in [0.3, 0.4) is 0 Å². The summed E-state index contributed by atoms with van der Waals surface area (Å²) in [7, 11) is -3.64. The molecule has 1 amide bonds. The SMILES string of the molecule is O=C(C[C@H]1C[C@H]2CC[C@@H]1C2)Nc1ccc(S(=O)(=O)NC2=NCCCCC2)cc1. The van der Waals surface area contributed by atoms with Crippen molar-refractivity contribution in [2.75, 3.05) is 11.9 Å². The predicted octanol–water partition coefficient (Wildman–Crippen LogP) is 3.70. The fraction of sp³-hybridized carbons (Fsp3) is 0.619. The number of amides is 1. The monoisotopic (exact) mass is 403 g/mol. The Morgan fingerprint density at radius 1 is 1.07 bits per heavy atom. The van der Waals surface area contributed by atoms with E-state index >= 15 is 0 Å². The molecule has 0 spiro atoms. The highest BCUT2D eigenvalue weighted by molar-refractivity contribution is 7.90. The van der Waals surface area contributed by atoms with E-state index in [1.807, 2.05) is 0 Å². The Morgan fingerprint density at radius 2 is 1.89 bits per heavy atom. The van der Waals surface area contributed by atoms with E-state index in [0.717, 1.165) is 31.1 Å². The molecule has 0 aromatic heterocycles. The second-order valence-corrected chi connectivity index (χ2v) is 10.1. The van der Waals surface area contributed by atoms with Crippen LogP contribution < -0.4 is 10.0 Å². The van der Waals surface area contributed by atoms with Crippen LogP contribution in [0.25, 0.3) is 0 Å². The van der Waals surface area contributed by atoms with Gasteiger partial charge < -0.3 is 5.32 Å². The minimum absolute atomic E-state index is 0.0269. The van der Waals surface area contributed by atoms with Gasteiger partial charge in [-0.15, -0.1) is 0 Å². The number of hydrogen-bond donors (Lipinski definition) is 2. The van der Waals surface area contributed by atoms with Crippen molar-refractivity contribution < 1.29 is 13.2 Å². The number of nitrogens with zero attached hydrogens (tertiary/aromatic N) is 1. The van der Waals surface area contributed by atoms with Crippen molar-refractivity contribution in [2.45, 2.75) is 62.7 Å². The van der Waals surface area contributed by atoms with Gasteiger partial charge in [0, 0.05) is 25.1 Å². The number of rotatable bonds is 5. The minimum Gasteiger partial charge on any atom is -0.326 e. The van der Waals surface area contributed by atoms with Gasteiger partial charge in [-0.25, -0.2) is 8.42 Å². The lowest BCUT2D eigenvalue weighted by atomic mass is 9.86. The highest BCUT2D eigenvalue weighted by Crippen LogP contribution is 2.49. The predicted molar refractivity (Wildman–Crippen MR) is 110 cm³/mol. The van der Waals surface area contributed by atoms with Gasteiger partial charge in [0.15, 0.2) is 0 Å². The summed E-state index contributed by atoms with van der Waals surface area (Å²) in [5.74, 6) is 2.64. The van der Waals surface area contributed by atoms with E-state index < -0.39 is 10.0 Å². The quantitative estimate of drug-likeness (QED) is 0.786. The van der Waals surface area contributed by atoms with E-state index in [1.54, 1.807) is 12.1 Å². The van der Waals surface area contributed by atoms with Gasteiger partial charge in [-0.1, -0.05) is 12.8 Å². The number of amidine groups is 1. The Bertz CT molecular complexity index is 848. The molecule has 0 saturated heterocycles. The van der Waals surface area contributed by atoms with Crippen LogP contribution in [0.1, 0.15) is 57.8 Å². The fourth-order valence-corrected chi connectivity index (χ4v) is 6.05. The van der Waals surface area contributed by atoms with Crippen LogP contribution in [0.5, 0.6) is 0 Å². The molecule has 0 unspecified atom stereocenters. The van der Waals surface area contributed by atoms with Crippen molar-refractivity contribution in [1.29, 1.82) is 0 Å². The fourth-order valence-electron chi connectivity index (χ4n) is 4.97. The van der Waals surface area contributed by atoms with Gasteiger partial charge in [-0.05, 0) is 74.1 Å². The van der Waals surface area contributed by atoms with E-state index in [4.69, 9.17) is 0 Å². The number of anilines is 1. The van der Waals surface area contributed by atoms with Gasteiger partial charge in [-0.3, -0.25) is 14.5 Å². The van der Waals surface area contributed by atoms with Crippen molar-refractivity contribution in [3.63, 3.8) is 0 Å². The maximum Gasteiger partial charge on any atom is 0.262 e. The lowest BCUT2D eigenvalue weighted by Crippen LogP contribution is -2.30. The highest BCUT2D eigenvalue weighted by atomic mass is 32.2. The third-order valence-corrected chi connectivity index (χ3v) is 7.80. The number of aliphatic imine (C=N–C) groups is 1. The zero-order valence-corrected chi connectivity index (χ0v) is 17.0. The Labute approximate surface area is 167 Å². The van der Waals surface area contributed by atoms with Crippen LogP contribution in [0.15, 0.2) is 34.2 Å². The van der Waals surface area contributed by atoms with Crippen LogP contribution in [0, 0.1) is 17.8 Å². The first kappa shape index (κ1) is 19.4. The molecule has 1 heterocycles. The molecule has 2 N–H and O–H groups in total. The van der Waals surface area contributed by atoms with E-state index in [1.165, 1.54) is 37.8 Å². The van der Waals surface area contributed by atoms with Gasteiger partial charge >= 0.3 is 0 Å². The largest absolute Gasteiger partial charge is 0.326 e. The van der Waals surface area contributed by atoms with Gasteiger partial charge in [0.1, 0.15) is 5.84 Å². The molecule has 2 bridgehead atoms. The third-order valence-electron chi connectivity index (χ3n) is 6.41. The normalized spacial score (nSPS) is 27.1. The van der Waals surface area contributed by atoms with Crippen LogP contribution in [0.4, 0.5) is 5.69 Å². The first-order valence-corrected chi connectivity index (χ1v) is 11.9. The third kappa shape index (κ3) is 4.57. The molecule has 3 atom stereocenters. The summed E-state index contributed by atoms with van der Waals surface area (Å²) in [6.07, 6.45) is 9.35. The molecule has 3 aliphatic rings. The molecule has 1 aliphatic heterocycles. The van der Waals surface area contributed by atoms with Gasteiger partial charge in [0.2, 0.25) is 5.91 Å². The second kappa shape index (κ2) is 8.23. The molecule has 7 heteroatoms. The summed E-state index contributed by atoms with van der Waals surface area (Å²) >= 11 is 0. The van der Waals surface area contributed by atoms with Crippen LogP contribution in [-0.4, -0.2) is 26.7 Å². The minimum atomic E-state index is -3.64. The summed E-state index contributed by atoms with van der Waals surface area (Å²) in [5, 5.41) is 2.92. The summed E-state index contributed by atoms with van der Waals surface area (Å²) in [4.78, 5) is 16.9. The van der Waals surface area contributed by atoms with Gasteiger partial charge in [0.05, 0.1) is 4.90 Å². The lowest BCUT2D eigenvalue weighted by Gasteiger charge is -2.20. The van der Waals surface area contributed by atoms with Crippen molar-refractivity contribution in [1.82, 2.24) is 4.72 Å². The average Bonchev–Trinajstić information content (AvgIpc) is 3.18. The summed E-state index contributed by atoms with van der Waals surface area (Å²) in [5.41, 5.74) is 0.638. The molecule has 2 saturated carbocycles. The molecular formula is C21H29N3O3S. The van der Waals surface area contributed by atoms with Crippen LogP contribution in [0.2, 0.25) is 0 Å². The highest BCUT2D eigenvalue weighted by Gasteiger charge is 2.40. The number of carbonyl (C=O) groups excluding carboxylic acids is 1. The van der Waals surface area contributed by atoms with E-state index in [2.05, 4.69) is 15.0 Å². The second-order valence-electron chi connectivity index (χ2n) is 8.46. The van der Waals surface area contributed by atoms with Crippen LogP contribution in [-0.2, 0) is 14.8 Å². The summed E-state index contributed by atoms with van der Waals surface area (Å²) in [6.45, 7) is 0.672. The van der Waals surface area contributed by atoms with Gasteiger partial charge in [-0.2, -0.15) is 0 Å². The Balaban J connectivity index is 1.33. The van der Waals surface area contributed by atoms with Crippen molar-refractivity contribution >= 4 is 27.5 Å². The molecule has 152 valence electrons. The number of benzene rings is 1. The summed E-state index contributed by atoms with van der Waals surface area (Å²) < 4.78 is 27.8. The summed E-state index contributed by atoms with van der Waals surface area (Å²) in [6, 6.07) is 6.38. The molecule has 0 radical (unpaired) electrons. The van der Waals surface area contributed by atoms with E-state index in [9.17, 15) is 13.2 Å². The standard InChI is InChI=1S/C21H29N3O3S/c25-21(14-17-13-15-5-6-16(17)12-15)23-18-7-9-19(10-8-18)28(26,27)24-20-4-2-1-3-11-22-20/h7-10,15-17H,1-6,11-14H2,(H,22,24)(H,23,25)/t15-,16+,17+/m0/s1. The Hall–Kier alpha value is -1.89. The molecule has 1 aromatic carbocycles. The molecule has 6 nitrogen and oxygen atoms in total. The topological polar surface area (TPSA) is 87.6 Å². The molecule has 2 aliphatic carbocycles. The number of nitrogens with one attached hydrogen (secondary N) is 2. The van der Waals surface area contributed by atoms with Crippen molar-refractivity contribution in [2.24, 2.45) is 22.7 Å². The zero-order valence-electron chi connectivity index (χ0n) is 16.2. The van der Waals surface area contributed by atoms with Gasteiger partial charge in [0.25, 0.3) is 10.0 Å². The lowest BCUT2D eigenvalue weighted by molar-refractivity contribution is -0.117. The number of hydrogen-bond acceptors (Lipinski definition) is 4. The molecule has 2 fully saturated rings. The Kier molecular flexibility index (Phi) is 5.71. The molecular weight excluding hydrogens is 374 g/mol. The van der Waals surface area contributed by atoms with Crippen LogP contribution >= 0.6 is 0 Å². The van der Waals surface area contributed by atoms with Crippen molar-refractivity contribution in [3.05, 3.63) is 24.3 Å². The Morgan fingerprint density at radius 3 is 2.61 bits per heavy atom. The number of carbonyl (C=O) groups is 1. The average molecular weight is 404 g/mol. The molecule has 28 heavy (non-hydrogen) atoms. The number of fused-ring (bicyclic) bond motifs is 2. The maximum atomic E-state index is 12.6. The maximum absolute atomic E-state index is 12.6.